The fraction of sp³-hybridized carbons (Fsp3) is 0.538. The van der Waals surface area contributed by atoms with Crippen molar-refractivity contribution in [2.24, 2.45) is 0 Å². The van der Waals surface area contributed by atoms with Crippen LogP contribution >= 0.6 is 27.5 Å². The van der Waals surface area contributed by atoms with Crippen LogP contribution in [0.5, 0.6) is 5.75 Å². The van der Waals surface area contributed by atoms with Crippen LogP contribution in [0.3, 0.4) is 0 Å². The normalized spacial score (nSPS) is 19.5. The van der Waals surface area contributed by atoms with Gasteiger partial charge in [-0.3, -0.25) is 0 Å². The van der Waals surface area contributed by atoms with Crippen LogP contribution in [-0.4, -0.2) is 34.7 Å². The third-order valence-electron chi connectivity index (χ3n) is 3.40. The lowest BCUT2D eigenvalue weighted by atomic mass is 10.1. The van der Waals surface area contributed by atoms with Crippen LogP contribution < -0.4 is 14.8 Å². The number of rotatable bonds is 5. The van der Waals surface area contributed by atoms with Gasteiger partial charge in [-0.25, -0.2) is 13.1 Å². The zero-order valence-electron chi connectivity index (χ0n) is 11.7. The van der Waals surface area contributed by atoms with Gasteiger partial charge in [0.1, 0.15) is 4.90 Å². The second-order valence-electron chi connectivity index (χ2n) is 4.92. The van der Waals surface area contributed by atoms with Crippen LogP contribution in [0.25, 0.3) is 0 Å². The minimum atomic E-state index is -3.68. The molecule has 1 unspecified atom stereocenters. The van der Waals surface area contributed by atoms with E-state index in [1.807, 2.05) is 0 Å². The minimum absolute atomic E-state index is 0.0418. The Kier molecular flexibility index (Phi) is 5.90. The Morgan fingerprint density at radius 1 is 1.48 bits per heavy atom. The third kappa shape index (κ3) is 4.32. The van der Waals surface area contributed by atoms with E-state index in [0.29, 0.717) is 16.0 Å². The molecular weight excluding hydrogens is 380 g/mol. The molecule has 1 fully saturated rings. The lowest BCUT2D eigenvalue weighted by Crippen LogP contribution is -2.43. The molecule has 8 heteroatoms. The standard InChI is InChI=1S/C13H18BrClN2O3S/c1-20-13-11(14)6-9(15)7-12(13)21(18,19)17-8-10-4-2-3-5-16-10/h6-7,10,16-17H,2-5,8H2,1H3. The van der Waals surface area contributed by atoms with Crippen LogP contribution in [0.2, 0.25) is 5.02 Å². The van der Waals surface area contributed by atoms with E-state index in [9.17, 15) is 8.42 Å². The molecule has 0 bridgehead atoms. The summed E-state index contributed by atoms with van der Waals surface area (Å²) in [5.74, 6) is 0.253. The number of halogens is 2. The molecule has 2 rings (SSSR count). The van der Waals surface area contributed by atoms with E-state index in [1.165, 1.54) is 13.2 Å². The van der Waals surface area contributed by atoms with E-state index >= 15 is 0 Å². The molecule has 118 valence electrons. The molecule has 21 heavy (non-hydrogen) atoms. The zero-order valence-corrected chi connectivity index (χ0v) is 14.8. The largest absolute Gasteiger partial charge is 0.494 e. The Bertz CT molecular complexity index is 604. The van der Waals surface area contributed by atoms with Crippen molar-refractivity contribution in [2.75, 3.05) is 20.2 Å². The van der Waals surface area contributed by atoms with Crippen LogP contribution in [0.4, 0.5) is 0 Å². The SMILES string of the molecule is COc1c(Br)cc(Cl)cc1S(=O)(=O)NCC1CCCCN1. The molecule has 5 nitrogen and oxygen atoms in total. The number of methoxy groups -OCH3 is 1. The van der Waals surface area contributed by atoms with Gasteiger partial charge in [-0.15, -0.1) is 0 Å². The first-order valence-corrected chi connectivity index (χ1v) is 9.35. The first kappa shape index (κ1) is 17.0. The van der Waals surface area contributed by atoms with Gasteiger partial charge in [0.05, 0.1) is 11.6 Å². The highest BCUT2D eigenvalue weighted by molar-refractivity contribution is 9.10. The maximum atomic E-state index is 12.5. The van der Waals surface area contributed by atoms with Gasteiger partial charge in [-0.05, 0) is 47.4 Å². The topological polar surface area (TPSA) is 67.4 Å². The molecule has 0 amide bonds. The summed E-state index contributed by atoms with van der Waals surface area (Å²) in [5.41, 5.74) is 0. The molecule has 1 atom stereocenters. The van der Waals surface area contributed by atoms with Gasteiger partial charge in [-0.1, -0.05) is 18.0 Å². The van der Waals surface area contributed by atoms with Crippen molar-refractivity contribution in [3.63, 3.8) is 0 Å². The highest BCUT2D eigenvalue weighted by Gasteiger charge is 2.24. The van der Waals surface area contributed by atoms with Gasteiger partial charge in [0.15, 0.2) is 5.75 Å². The fourth-order valence-corrected chi connectivity index (χ4v) is 4.78. The van der Waals surface area contributed by atoms with E-state index in [-0.39, 0.29) is 16.7 Å². The van der Waals surface area contributed by atoms with Gasteiger partial charge < -0.3 is 10.1 Å². The number of nitrogens with one attached hydrogen (secondary N) is 2. The van der Waals surface area contributed by atoms with Gasteiger partial charge in [0, 0.05) is 17.6 Å². The molecule has 1 aromatic carbocycles. The molecule has 0 spiro atoms. The summed E-state index contributed by atoms with van der Waals surface area (Å²) in [6.45, 7) is 1.29. The summed E-state index contributed by atoms with van der Waals surface area (Å²) in [6.07, 6.45) is 3.22. The molecule has 1 aromatic rings. The van der Waals surface area contributed by atoms with Crippen molar-refractivity contribution in [3.05, 3.63) is 21.6 Å². The highest BCUT2D eigenvalue weighted by atomic mass is 79.9. The molecule has 1 heterocycles. The van der Waals surface area contributed by atoms with Crippen LogP contribution in [-0.2, 0) is 10.0 Å². The van der Waals surface area contributed by atoms with Crippen molar-refractivity contribution in [1.82, 2.24) is 10.0 Å². The smallest absolute Gasteiger partial charge is 0.244 e. The van der Waals surface area contributed by atoms with Crippen LogP contribution in [0, 0.1) is 0 Å². The molecule has 0 aliphatic carbocycles. The first-order chi connectivity index (χ1) is 9.94. The summed E-state index contributed by atoms with van der Waals surface area (Å²) in [4.78, 5) is 0.0418. The maximum Gasteiger partial charge on any atom is 0.244 e. The summed E-state index contributed by atoms with van der Waals surface area (Å²) in [5, 5.41) is 3.63. The van der Waals surface area contributed by atoms with Gasteiger partial charge >= 0.3 is 0 Å². The quantitative estimate of drug-likeness (QED) is 0.801. The molecule has 1 aliphatic heterocycles. The Labute approximate surface area is 138 Å². The lowest BCUT2D eigenvalue weighted by Gasteiger charge is -2.23. The fourth-order valence-electron chi connectivity index (χ4n) is 2.32. The summed E-state index contributed by atoms with van der Waals surface area (Å²) in [7, 11) is -2.25. The number of hydrogen-bond acceptors (Lipinski definition) is 4. The summed E-state index contributed by atoms with van der Waals surface area (Å²) < 4.78 is 33.2. The van der Waals surface area contributed by atoms with Crippen molar-refractivity contribution in [1.29, 1.82) is 0 Å². The second kappa shape index (κ2) is 7.28. The molecule has 0 saturated carbocycles. The van der Waals surface area contributed by atoms with E-state index in [2.05, 4.69) is 26.0 Å². The molecule has 0 radical (unpaired) electrons. The number of benzene rings is 1. The van der Waals surface area contributed by atoms with Crippen molar-refractivity contribution in [2.45, 2.75) is 30.2 Å². The number of piperidine rings is 1. The van der Waals surface area contributed by atoms with Gasteiger partial charge in [0.2, 0.25) is 10.0 Å². The zero-order chi connectivity index (χ0) is 15.5. The highest BCUT2D eigenvalue weighted by Crippen LogP contribution is 2.35. The van der Waals surface area contributed by atoms with E-state index < -0.39 is 10.0 Å². The van der Waals surface area contributed by atoms with Crippen molar-refractivity contribution < 1.29 is 13.2 Å². The monoisotopic (exact) mass is 396 g/mol. The molecule has 1 saturated heterocycles. The molecular formula is C13H18BrClN2O3S. The number of sulfonamides is 1. The second-order valence-corrected chi connectivity index (χ2v) is 7.94. The van der Waals surface area contributed by atoms with Crippen LogP contribution in [0.1, 0.15) is 19.3 Å². The Hall–Kier alpha value is -0.340. The Morgan fingerprint density at radius 2 is 2.24 bits per heavy atom. The van der Waals surface area contributed by atoms with E-state index in [4.69, 9.17) is 16.3 Å². The maximum absolute atomic E-state index is 12.5. The number of hydrogen-bond donors (Lipinski definition) is 2. The van der Waals surface area contributed by atoms with Gasteiger partial charge in [0.25, 0.3) is 0 Å². The number of ether oxygens (including phenoxy) is 1. The molecule has 0 aromatic heterocycles. The average Bonchev–Trinajstić information content (AvgIpc) is 2.46. The van der Waals surface area contributed by atoms with Crippen molar-refractivity contribution in [3.8, 4) is 5.75 Å². The van der Waals surface area contributed by atoms with Crippen molar-refractivity contribution >= 4 is 37.6 Å². The molecule has 1 aliphatic rings. The summed E-state index contributed by atoms with van der Waals surface area (Å²) in [6, 6.07) is 3.16. The molecule has 2 N–H and O–H groups in total. The Balaban J connectivity index is 2.18. The first-order valence-electron chi connectivity index (χ1n) is 6.70. The Morgan fingerprint density at radius 3 is 2.86 bits per heavy atom. The predicted octanol–water partition coefficient (Wildman–Crippen LogP) is 2.53. The lowest BCUT2D eigenvalue weighted by molar-refractivity contribution is 0.393. The third-order valence-corrected chi connectivity index (χ3v) is 5.64. The minimum Gasteiger partial charge on any atom is -0.494 e. The van der Waals surface area contributed by atoms with E-state index in [0.717, 1.165) is 25.8 Å². The van der Waals surface area contributed by atoms with E-state index in [1.54, 1.807) is 6.07 Å². The van der Waals surface area contributed by atoms with Gasteiger partial charge in [-0.2, -0.15) is 0 Å². The average molecular weight is 398 g/mol. The predicted molar refractivity (Wildman–Crippen MR) is 86.5 cm³/mol. The summed E-state index contributed by atoms with van der Waals surface area (Å²) >= 11 is 9.21. The van der Waals surface area contributed by atoms with Crippen LogP contribution in [0.15, 0.2) is 21.5 Å².